The molecule has 1 aliphatic rings. The largest absolute Gasteiger partial charge is 0.338 e. The molecule has 0 aromatic carbocycles. The minimum absolute atomic E-state index is 0.201. The minimum Gasteiger partial charge on any atom is -0.338 e. The molecule has 4 heteroatoms. The van der Waals surface area contributed by atoms with E-state index >= 15 is 0 Å². The molecule has 0 radical (unpaired) electrons. The summed E-state index contributed by atoms with van der Waals surface area (Å²) in [5.41, 5.74) is 1.17. The molecular weight excluding hydrogens is 254 g/mol. The molecule has 2 rings (SSSR count). The number of nitrogens with zero attached hydrogens (tertiary/aromatic N) is 1. The van der Waals surface area contributed by atoms with E-state index in [1.807, 2.05) is 10.3 Å². The van der Waals surface area contributed by atoms with Gasteiger partial charge in [-0.25, -0.2) is 0 Å². The van der Waals surface area contributed by atoms with E-state index in [-0.39, 0.29) is 5.91 Å². The predicted molar refractivity (Wildman–Crippen MR) is 73.0 cm³/mol. The first-order valence-corrected chi connectivity index (χ1v) is 7.59. The number of halogens is 1. The van der Waals surface area contributed by atoms with Gasteiger partial charge in [-0.3, -0.25) is 4.79 Å². The van der Waals surface area contributed by atoms with Crippen molar-refractivity contribution in [3.8, 4) is 0 Å². The van der Waals surface area contributed by atoms with E-state index in [9.17, 15) is 4.79 Å². The van der Waals surface area contributed by atoms with Crippen LogP contribution in [0.15, 0.2) is 11.4 Å². The number of hydrogen-bond acceptors (Lipinski definition) is 2. The second-order valence-corrected chi connectivity index (χ2v) is 5.77. The van der Waals surface area contributed by atoms with Crippen LogP contribution in [0.5, 0.6) is 0 Å². The van der Waals surface area contributed by atoms with Crippen LogP contribution in [0.1, 0.15) is 35.0 Å². The van der Waals surface area contributed by atoms with Crippen molar-refractivity contribution in [1.82, 2.24) is 4.90 Å². The Morgan fingerprint density at radius 3 is 3.18 bits per heavy atom. The lowest BCUT2D eigenvalue weighted by Crippen LogP contribution is -2.40. The molecule has 0 aliphatic carbocycles. The molecule has 0 spiro atoms. The average Bonchev–Trinajstić information content (AvgIpc) is 2.86. The molecule has 1 aromatic rings. The summed E-state index contributed by atoms with van der Waals surface area (Å²) in [6.07, 6.45) is 3.16. The third-order valence-electron chi connectivity index (χ3n) is 3.35. The van der Waals surface area contributed by atoms with Crippen LogP contribution in [0.3, 0.4) is 0 Å². The second kappa shape index (κ2) is 5.87. The van der Waals surface area contributed by atoms with E-state index in [0.717, 1.165) is 37.2 Å². The molecule has 1 fully saturated rings. The molecule has 1 aliphatic heterocycles. The topological polar surface area (TPSA) is 20.3 Å². The van der Waals surface area contributed by atoms with Gasteiger partial charge in [-0.15, -0.1) is 22.9 Å². The molecular formula is C13H18ClNOS. The Hall–Kier alpha value is -0.540. The second-order valence-electron chi connectivity index (χ2n) is 4.54. The van der Waals surface area contributed by atoms with Crippen molar-refractivity contribution in [3.63, 3.8) is 0 Å². The van der Waals surface area contributed by atoms with Gasteiger partial charge in [0.25, 0.3) is 5.91 Å². The fourth-order valence-corrected chi connectivity index (χ4v) is 3.53. The summed E-state index contributed by atoms with van der Waals surface area (Å²) in [4.78, 5) is 15.3. The van der Waals surface area contributed by atoms with Crippen LogP contribution in [0.4, 0.5) is 0 Å². The summed E-state index contributed by atoms with van der Waals surface area (Å²) < 4.78 is 0. The van der Waals surface area contributed by atoms with Crippen LogP contribution in [0.2, 0.25) is 0 Å². The van der Waals surface area contributed by atoms with E-state index in [1.165, 1.54) is 5.56 Å². The highest BCUT2D eigenvalue weighted by molar-refractivity contribution is 7.12. The zero-order valence-corrected chi connectivity index (χ0v) is 11.7. The van der Waals surface area contributed by atoms with Gasteiger partial charge in [0.1, 0.15) is 0 Å². The van der Waals surface area contributed by atoms with E-state index in [4.69, 9.17) is 11.6 Å². The van der Waals surface area contributed by atoms with Crippen LogP contribution in [-0.4, -0.2) is 29.8 Å². The quantitative estimate of drug-likeness (QED) is 0.772. The number of carbonyl (C=O) groups is 1. The minimum atomic E-state index is 0.201. The van der Waals surface area contributed by atoms with E-state index < -0.39 is 0 Å². The molecule has 17 heavy (non-hydrogen) atoms. The highest BCUT2D eigenvalue weighted by atomic mass is 35.5. The molecule has 1 amide bonds. The van der Waals surface area contributed by atoms with Crippen LogP contribution in [0, 0.1) is 5.92 Å². The van der Waals surface area contributed by atoms with Gasteiger partial charge in [0.2, 0.25) is 0 Å². The Bertz CT molecular complexity index is 391. The summed E-state index contributed by atoms with van der Waals surface area (Å²) in [6.45, 7) is 3.80. The molecule has 0 bridgehead atoms. The molecule has 0 N–H and O–H groups in total. The number of amides is 1. The standard InChI is InChI=1S/C13H18ClNOS/c1-2-11-5-7-17-12(11)13(16)15-6-3-4-10(8-14)9-15/h5,7,10H,2-4,6,8-9H2,1H3. The first kappa shape index (κ1) is 12.9. The number of hydrogen-bond donors (Lipinski definition) is 0. The maximum Gasteiger partial charge on any atom is 0.264 e. The van der Waals surface area contributed by atoms with Crippen molar-refractivity contribution in [2.75, 3.05) is 19.0 Å². The van der Waals surface area contributed by atoms with Gasteiger partial charge < -0.3 is 4.90 Å². The molecule has 94 valence electrons. The molecule has 2 nitrogen and oxygen atoms in total. The smallest absolute Gasteiger partial charge is 0.264 e. The lowest BCUT2D eigenvalue weighted by atomic mass is 9.99. The number of thiophene rings is 1. The molecule has 1 atom stereocenters. The van der Waals surface area contributed by atoms with Crippen molar-refractivity contribution >= 4 is 28.8 Å². The Morgan fingerprint density at radius 2 is 2.47 bits per heavy atom. The first-order valence-electron chi connectivity index (χ1n) is 6.17. The maximum atomic E-state index is 12.4. The van der Waals surface area contributed by atoms with Crippen molar-refractivity contribution in [3.05, 3.63) is 21.9 Å². The Labute approximate surface area is 112 Å². The molecule has 1 saturated heterocycles. The molecule has 1 aromatic heterocycles. The predicted octanol–water partition coefficient (Wildman–Crippen LogP) is 3.40. The Kier molecular flexibility index (Phi) is 4.46. The summed E-state index contributed by atoms with van der Waals surface area (Å²) in [5.74, 6) is 1.33. The highest BCUT2D eigenvalue weighted by Crippen LogP contribution is 2.24. The monoisotopic (exact) mass is 271 g/mol. The van der Waals surface area contributed by atoms with Gasteiger partial charge in [0, 0.05) is 19.0 Å². The Morgan fingerprint density at radius 1 is 1.65 bits per heavy atom. The normalized spacial score (nSPS) is 20.6. The molecule has 2 heterocycles. The third-order valence-corrected chi connectivity index (χ3v) is 4.73. The van der Waals surface area contributed by atoms with Crippen molar-refractivity contribution in [2.24, 2.45) is 5.92 Å². The molecule has 1 unspecified atom stereocenters. The van der Waals surface area contributed by atoms with Gasteiger partial charge in [0.15, 0.2) is 0 Å². The summed E-state index contributed by atoms with van der Waals surface area (Å²) in [7, 11) is 0. The number of likely N-dealkylation sites (tertiary alicyclic amines) is 1. The molecule has 0 saturated carbocycles. The van der Waals surface area contributed by atoms with Crippen LogP contribution in [0.25, 0.3) is 0 Å². The summed E-state index contributed by atoms with van der Waals surface area (Å²) in [5, 5.41) is 2.01. The zero-order chi connectivity index (χ0) is 12.3. The Balaban J connectivity index is 2.09. The SMILES string of the molecule is CCc1ccsc1C(=O)N1CCCC(CCl)C1. The van der Waals surface area contributed by atoms with Gasteiger partial charge in [-0.05, 0) is 42.2 Å². The van der Waals surface area contributed by atoms with Crippen molar-refractivity contribution < 1.29 is 4.79 Å². The van der Waals surface area contributed by atoms with Crippen molar-refractivity contribution in [2.45, 2.75) is 26.2 Å². The van der Waals surface area contributed by atoms with E-state index in [0.29, 0.717) is 11.8 Å². The van der Waals surface area contributed by atoms with Gasteiger partial charge >= 0.3 is 0 Å². The van der Waals surface area contributed by atoms with Crippen molar-refractivity contribution in [1.29, 1.82) is 0 Å². The number of piperidine rings is 1. The van der Waals surface area contributed by atoms with Gasteiger partial charge in [-0.2, -0.15) is 0 Å². The van der Waals surface area contributed by atoms with Gasteiger partial charge in [-0.1, -0.05) is 6.92 Å². The maximum absolute atomic E-state index is 12.4. The van der Waals surface area contributed by atoms with E-state index in [2.05, 4.69) is 13.0 Å². The van der Waals surface area contributed by atoms with Gasteiger partial charge in [0.05, 0.1) is 4.88 Å². The van der Waals surface area contributed by atoms with Crippen LogP contribution >= 0.6 is 22.9 Å². The number of aryl methyl sites for hydroxylation is 1. The summed E-state index contributed by atoms with van der Waals surface area (Å²) >= 11 is 7.46. The van der Waals surface area contributed by atoms with Crippen LogP contribution in [-0.2, 0) is 6.42 Å². The zero-order valence-electron chi connectivity index (χ0n) is 10.1. The van der Waals surface area contributed by atoms with E-state index in [1.54, 1.807) is 11.3 Å². The number of rotatable bonds is 3. The highest BCUT2D eigenvalue weighted by Gasteiger charge is 2.25. The van der Waals surface area contributed by atoms with Crippen LogP contribution < -0.4 is 0 Å². The third kappa shape index (κ3) is 2.83. The lowest BCUT2D eigenvalue weighted by molar-refractivity contribution is 0.0689. The summed E-state index contributed by atoms with van der Waals surface area (Å²) in [6, 6.07) is 2.06. The average molecular weight is 272 g/mol. The fourth-order valence-electron chi connectivity index (χ4n) is 2.32. The fraction of sp³-hybridized carbons (Fsp3) is 0.615. The first-order chi connectivity index (χ1) is 8.26. The lowest BCUT2D eigenvalue weighted by Gasteiger charge is -2.31. The number of carbonyl (C=O) groups excluding carboxylic acids is 1. The number of alkyl halides is 1.